The summed E-state index contributed by atoms with van der Waals surface area (Å²) in [5, 5.41) is 5.69. The van der Waals surface area contributed by atoms with Gasteiger partial charge < -0.3 is 10.1 Å². The summed E-state index contributed by atoms with van der Waals surface area (Å²) in [6, 6.07) is 4.39. The summed E-state index contributed by atoms with van der Waals surface area (Å²) in [4.78, 5) is 1.51. The topological polar surface area (TPSA) is 21.3 Å². The lowest BCUT2D eigenvalue weighted by atomic mass is 9.81. The number of hydrogen-bond donors (Lipinski definition) is 1. The summed E-state index contributed by atoms with van der Waals surface area (Å²) in [7, 11) is 1.75. The van der Waals surface area contributed by atoms with Crippen molar-refractivity contribution in [3.63, 3.8) is 0 Å². The molecule has 0 saturated carbocycles. The molecule has 0 amide bonds. The molecule has 1 aromatic heterocycles. The molecule has 18 heavy (non-hydrogen) atoms. The van der Waals surface area contributed by atoms with Gasteiger partial charge in [0.1, 0.15) is 0 Å². The van der Waals surface area contributed by atoms with Crippen LogP contribution in [0.25, 0.3) is 0 Å². The molecule has 0 aliphatic carbocycles. The number of aryl methyl sites for hydroxylation is 1. The minimum absolute atomic E-state index is 0.409. The van der Waals surface area contributed by atoms with E-state index in [4.69, 9.17) is 4.74 Å². The Morgan fingerprint density at radius 1 is 1.39 bits per heavy atom. The number of nitrogens with one attached hydrogen (secondary N) is 1. The maximum atomic E-state index is 5.07. The Morgan fingerprint density at radius 2 is 2.22 bits per heavy atom. The maximum Gasteiger partial charge on any atom is 0.0587 e. The molecule has 0 aromatic carbocycles. The summed E-state index contributed by atoms with van der Waals surface area (Å²) in [6.07, 6.45) is 5.02. The Bertz CT molecular complexity index is 299. The monoisotopic (exact) mass is 269 g/mol. The second kappa shape index (κ2) is 8.68. The van der Waals surface area contributed by atoms with E-state index in [0.29, 0.717) is 5.41 Å². The van der Waals surface area contributed by atoms with Gasteiger partial charge in [-0.15, -0.1) is 11.3 Å². The summed E-state index contributed by atoms with van der Waals surface area (Å²) in [6.45, 7) is 7.53. The van der Waals surface area contributed by atoms with Crippen LogP contribution in [0.1, 0.15) is 38.0 Å². The molecule has 1 rings (SSSR count). The lowest BCUT2D eigenvalue weighted by Gasteiger charge is -2.29. The van der Waals surface area contributed by atoms with Gasteiger partial charge in [0.2, 0.25) is 0 Å². The van der Waals surface area contributed by atoms with Crippen molar-refractivity contribution in [3.05, 3.63) is 22.4 Å². The van der Waals surface area contributed by atoms with Gasteiger partial charge in [0.25, 0.3) is 0 Å². The SMILES string of the molecule is CCCC(C)(CCc1cccs1)CNCCOC. The number of rotatable bonds is 10. The maximum absolute atomic E-state index is 5.07. The molecule has 0 spiro atoms. The molecule has 0 saturated heterocycles. The van der Waals surface area contributed by atoms with E-state index in [2.05, 4.69) is 36.7 Å². The molecule has 1 aromatic rings. The molecule has 1 N–H and O–H groups in total. The number of thiophene rings is 1. The van der Waals surface area contributed by atoms with Crippen LogP contribution >= 0.6 is 11.3 Å². The zero-order valence-electron chi connectivity index (χ0n) is 12.0. The fourth-order valence-electron chi connectivity index (χ4n) is 2.35. The van der Waals surface area contributed by atoms with Crippen LogP contribution in [0.3, 0.4) is 0 Å². The molecule has 2 nitrogen and oxygen atoms in total. The van der Waals surface area contributed by atoms with Gasteiger partial charge >= 0.3 is 0 Å². The smallest absolute Gasteiger partial charge is 0.0587 e. The van der Waals surface area contributed by atoms with Gasteiger partial charge in [-0.1, -0.05) is 26.3 Å². The number of hydrogen-bond acceptors (Lipinski definition) is 3. The van der Waals surface area contributed by atoms with Crippen molar-refractivity contribution in [2.45, 2.75) is 39.5 Å². The minimum Gasteiger partial charge on any atom is -0.383 e. The van der Waals surface area contributed by atoms with Crippen molar-refractivity contribution in [1.29, 1.82) is 0 Å². The average molecular weight is 269 g/mol. The zero-order valence-corrected chi connectivity index (χ0v) is 12.8. The van der Waals surface area contributed by atoms with Crippen molar-refractivity contribution in [1.82, 2.24) is 5.32 Å². The first-order chi connectivity index (χ1) is 8.70. The highest BCUT2D eigenvalue weighted by Crippen LogP contribution is 2.29. The second-order valence-corrected chi connectivity index (χ2v) is 6.34. The van der Waals surface area contributed by atoms with Crippen molar-refractivity contribution in [2.24, 2.45) is 5.41 Å². The predicted molar refractivity (Wildman–Crippen MR) is 80.4 cm³/mol. The van der Waals surface area contributed by atoms with Gasteiger partial charge in [0.05, 0.1) is 6.61 Å². The predicted octanol–water partition coefficient (Wildman–Crippen LogP) is 3.72. The molecule has 3 heteroatoms. The molecule has 0 fully saturated rings. The van der Waals surface area contributed by atoms with Gasteiger partial charge in [0, 0.05) is 25.1 Å². The quantitative estimate of drug-likeness (QED) is 0.654. The molecule has 0 bridgehead atoms. The second-order valence-electron chi connectivity index (χ2n) is 5.31. The van der Waals surface area contributed by atoms with Crippen LogP contribution in [0.15, 0.2) is 17.5 Å². The van der Waals surface area contributed by atoms with Crippen LogP contribution in [0.2, 0.25) is 0 Å². The Hall–Kier alpha value is -0.380. The lowest BCUT2D eigenvalue weighted by Crippen LogP contribution is -2.34. The molecule has 1 heterocycles. The Labute approximate surface area is 116 Å². The van der Waals surface area contributed by atoms with E-state index in [1.165, 1.54) is 30.6 Å². The van der Waals surface area contributed by atoms with Crippen LogP contribution in [0.4, 0.5) is 0 Å². The summed E-state index contributed by atoms with van der Waals surface area (Å²) in [5.74, 6) is 0. The van der Waals surface area contributed by atoms with Gasteiger partial charge in [0.15, 0.2) is 0 Å². The summed E-state index contributed by atoms with van der Waals surface area (Å²) < 4.78 is 5.07. The largest absolute Gasteiger partial charge is 0.383 e. The third-order valence-electron chi connectivity index (χ3n) is 3.44. The Balaban J connectivity index is 2.35. The van der Waals surface area contributed by atoms with Gasteiger partial charge in [-0.25, -0.2) is 0 Å². The van der Waals surface area contributed by atoms with Crippen LogP contribution in [-0.4, -0.2) is 26.8 Å². The number of ether oxygens (including phenoxy) is 1. The minimum atomic E-state index is 0.409. The molecule has 0 aliphatic rings. The van der Waals surface area contributed by atoms with Crippen molar-refractivity contribution in [2.75, 3.05) is 26.8 Å². The van der Waals surface area contributed by atoms with E-state index >= 15 is 0 Å². The first kappa shape index (κ1) is 15.7. The van der Waals surface area contributed by atoms with E-state index in [1.807, 2.05) is 11.3 Å². The molecule has 0 radical (unpaired) electrons. The van der Waals surface area contributed by atoms with Gasteiger partial charge in [-0.3, -0.25) is 0 Å². The molecule has 0 aliphatic heterocycles. The van der Waals surface area contributed by atoms with Crippen LogP contribution in [-0.2, 0) is 11.2 Å². The average Bonchev–Trinajstić information content (AvgIpc) is 2.86. The van der Waals surface area contributed by atoms with Crippen LogP contribution in [0, 0.1) is 5.41 Å². The fraction of sp³-hybridized carbons (Fsp3) is 0.733. The standard InChI is InChI=1S/C15H27NOS/c1-4-8-15(2,13-16-10-11-17-3)9-7-14-6-5-12-18-14/h5-6,12,16H,4,7-11,13H2,1-3H3. The summed E-state index contributed by atoms with van der Waals surface area (Å²) >= 11 is 1.87. The number of methoxy groups -OCH3 is 1. The zero-order chi connectivity index (χ0) is 13.3. The third-order valence-corrected chi connectivity index (χ3v) is 4.38. The highest BCUT2D eigenvalue weighted by Gasteiger charge is 2.22. The normalized spacial score (nSPS) is 14.6. The highest BCUT2D eigenvalue weighted by atomic mass is 32.1. The summed E-state index contributed by atoms with van der Waals surface area (Å²) in [5.41, 5.74) is 0.409. The van der Waals surface area contributed by atoms with Crippen molar-refractivity contribution in [3.8, 4) is 0 Å². The van der Waals surface area contributed by atoms with E-state index in [1.54, 1.807) is 7.11 Å². The van der Waals surface area contributed by atoms with Crippen molar-refractivity contribution >= 4 is 11.3 Å². The van der Waals surface area contributed by atoms with Crippen molar-refractivity contribution < 1.29 is 4.74 Å². The highest BCUT2D eigenvalue weighted by molar-refractivity contribution is 7.09. The van der Waals surface area contributed by atoms with E-state index in [9.17, 15) is 0 Å². The van der Waals surface area contributed by atoms with E-state index < -0.39 is 0 Å². The third kappa shape index (κ3) is 5.98. The van der Waals surface area contributed by atoms with Gasteiger partial charge in [-0.05, 0) is 36.1 Å². The Morgan fingerprint density at radius 3 is 2.83 bits per heavy atom. The first-order valence-corrected chi connectivity index (χ1v) is 7.80. The van der Waals surface area contributed by atoms with E-state index in [-0.39, 0.29) is 0 Å². The van der Waals surface area contributed by atoms with Crippen LogP contribution in [0.5, 0.6) is 0 Å². The van der Waals surface area contributed by atoms with Gasteiger partial charge in [-0.2, -0.15) is 0 Å². The lowest BCUT2D eigenvalue weighted by molar-refractivity contribution is 0.187. The fourth-order valence-corrected chi connectivity index (χ4v) is 3.06. The molecular weight excluding hydrogens is 242 g/mol. The van der Waals surface area contributed by atoms with E-state index in [0.717, 1.165) is 19.7 Å². The van der Waals surface area contributed by atoms with Crippen LogP contribution < -0.4 is 5.32 Å². The first-order valence-electron chi connectivity index (χ1n) is 6.92. The molecular formula is C15H27NOS. The Kier molecular flexibility index (Phi) is 7.56. The molecule has 1 unspecified atom stereocenters. The molecule has 1 atom stereocenters. The molecule has 104 valence electrons.